The van der Waals surface area contributed by atoms with Crippen molar-refractivity contribution in [1.29, 1.82) is 0 Å². The summed E-state index contributed by atoms with van der Waals surface area (Å²) in [5.41, 5.74) is 3.17. The number of aryl methyl sites for hydroxylation is 2. The van der Waals surface area contributed by atoms with Crippen molar-refractivity contribution in [2.45, 2.75) is 34.1 Å². The van der Waals surface area contributed by atoms with Crippen LogP contribution in [0.25, 0.3) is 0 Å². The van der Waals surface area contributed by atoms with Crippen molar-refractivity contribution in [1.82, 2.24) is 4.90 Å². The van der Waals surface area contributed by atoms with Crippen LogP contribution in [-0.4, -0.2) is 24.3 Å². The molecule has 2 aromatic carbocycles. The highest BCUT2D eigenvalue weighted by Gasteiger charge is 2.08. The standard InChI is InChI=1S/C20H24BrIN2O/c1-5-7-24(6-2)13-23-19-8-15(4)20(9-14(19)3)25-18-11-16(21)10-17(22)12-18/h8-13H,5-7H2,1-4H3/b23-13+. The summed E-state index contributed by atoms with van der Waals surface area (Å²) in [4.78, 5) is 6.89. The molecular weight excluding hydrogens is 491 g/mol. The molecule has 0 atom stereocenters. The van der Waals surface area contributed by atoms with Crippen molar-refractivity contribution < 1.29 is 4.74 Å². The van der Waals surface area contributed by atoms with Crippen LogP contribution >= 0.6 is 38.5 Å². The predicted molar refractivity (Wildman–Crippen MR) is 119 cm³/mol. The zero-order chi connectivity index (χ0) is 18.4. The minimum atomic E-state index is 0.831. The number of aliphatic imine (C=N–C) groups is 1. The van der Waals surface area contributed by atoms with Crippen molar-refractivity contribution in [3.63, 3.8) is 0 Å². The van der Waals surface area contributed by atoms with Crippen LogP contribution in [0.1, 0.15) is 31.4 Å². The number of ether oxygens (including phenoxy) is 1. The van der Waals surface area contributed by atoms with Crippen molar-refractivity contribution in [3.8, 4) is 11.5 Å². The van der Waals surface area contributed by atoms with E-state index < -0.39 is 0 Å². The zero-order valence-corrected chi connectivity index (χ0v) is 18.9. The zero-order valence-electron chi connectivity index (χ0n) is 15.1. The van der Waals surface area contributed by atoms with Crippen LogP contribution in [-0.2, 0) is 0 Å². The highest BCUT2D eigenvalue weighted by Crippen LogP contribution is 2.33. The van der Waals surface area contributed by atoms with Crippen molar-refractivity contribution in [2.75, 3.05) is 13.1 Å². The van der Waals surface area contributed by atoms with E-state index in [2.05, 4.69) is 94.3 Å². The van der Waals surface area contributed by atoms with Crippen molar-refractivity contribution in [3.05, 3.63) is 49.5 Å². The van der Waals surface area contributed by atoms with Gasteiger partial charge in [-0.25, -0.2) is 4.99 Å². The molecule has 0 unspecified atom stereocenters. The lowest BCUT2D eigenvalue weighted by atomic mass is 10.1. The SMILES string of the molecule is CCCN(/C=N/c1cc(C)c(Oc2cc(Br)cc(I)c2)cc1C)CC. The van der Waals surface area contributed by atoms with E-state index in [-0.39, 0.29) is 0 Å². The quantitative estimate of drug-likeness (QED) is 0.229. The molecule has 2 aromatic rings. The van der Waals surface area contributed by atoms with E-state index in [1.165, 1.54) is 0 Å². The Morgan fingerprint density at radius 3 is 2.52 bits per heavy atom. The first-order chi connectivity index (χ1) is 11.9. The Labute approximate surface area is 172 Å². The maximum atomic E-state index is 6.09. The van der Waals surface area contributed by atoms with E-state index in [1.54, 1.807) is 0 Å². The average Bonchev–Trinajstić information content (AvgIpc) is 2.54. The molecule has 0 bridgehead atoms. The molecule has 0 aliphatic rings. The van der Waals surface area contributed by atoms with Gasteiger partial charge < -0.3 is 9.64 Å². The molecule has 134 valence electrons. The Hall–Kier alpha value is -1.08. The first-order valence-corrected chi connectivity index (χ1v) is 10.3. The van der Waals surface area contributed by atoms with Gasteiger partial charge >= 0.3 is 0 Å². The number of benzene rings is 2. The summed E-state index contributed by atoms with van der Waals surface area (Å²) in [6, 6.07) is 10.2. The third-order valence-corrected chi connectivity index (χ3v) is 4.92. The highest BCUT2D eigenvalue weighted by atomic mass is 127. The second kappa shape index (κ2) is 9.57. The molecule has 0 amide bonds. The lowest BCUT2D eigenvalue weighted by Gasteiger charge is -2.16. The number of nitrogens with zero attached hydrogens (tertiary/aromatic N) is 2. The molecule has 25 heavy (non-hydrogen) atoms. The number of rotatable bonds is 7. The number of hydrogen-bond donors (Lipinski definition) is 0. The van der Waals surface area contributed by atoms with Crippen LogP contribution < -0.4 is 4.74 Å². The molecule has 5 heteroatoms. The minimum absolute atomic E-state index is 0.831. The van der Waals surface area contributed by atoms with Gasteiger partial charge in [0, 0.05) is 21.1 Å². The normalized spacial score (nSPS) is 11.1. The summed E-state index contributed by atoms with van der Waals surface area (Å²) in [7, 11) is 0. The molecule has 0 N–H and O–H groups in total. The Morgan fingerprint density at radius 2 is 1.88 bits per heavy atom. The summed E-state index contributed by atoms with van der Waals surface area (Å²) in [6.07, 6.45) is 3.07. The van der Waals surface area contributed by atoms with E-state index in [1.807, 2.05) is 18.5 Å². The van der Waals surface area contributed by atoms with Gasteiger partial charge in [0.15, 0.2) is 0 Å². The Kier molecular flexibility index (Phi) is 7.75. The van der Waals surface area contributed by atoms with E-state index in [9.17, 15) is 0 Å². The fraction of sp³-hybridized carbons (Fsp3) is 0.350. The van der Waals surface area contributed by atoms with Gasteiger partial charge in [0.25, 0.3) is 0 Å². The van der Waals surface area contributed by atoms with Gasteiger partial charge in [-0.3, -0.25) is 0 Å². The third kappa shape index (κ3) is 5.99. The second-order valence-corrected chi connectivity index (χ2v) is 8.15. The Bertz CT molecular complexity index is 741. The first-order valence-electron chi connectivity index (χ1n) is 8.46. The molecule has 0 fully saturated rings. The van der Waals surface area contributed by atoms with Gasteiger partial charge in [-0.1, -0.05) is 22.9 Å². The van der Waals surface area contributed by atoms with Crippen LogP contribution in [0.2, 0.25) is 0 Å². The molecule has 0 heterocycles. The van der Waals surface area contributed by atoms with Crippen LogP contribution in [0.4, 0.5) is 5.69 Å². The molecule has 0 aromatic heterocycles. The molecule has 0 saturated heterocycles. The molecule has 0 radical (unpaired) electrons. The molecular formula is C20H24BrIN2O. The summed E-state index contributed by atoms with van der Waals surface area (Å²) in [6.45, 7) is 10.5. The monoisotopic (exact) mass is 514 g/mol. The molecule has 0 spiro atoms. The lowest BCUT2D eigenvalue weighted by molar-refractivity contribution is 0.452. The summed E-state index contributed by atoms with van der Waals surface area (Å²) in [5, 5.41) is 0. The van der Waals surface area contributed by atoms with E-state index in [0.29, 0.717) is 0 Å². The number of halogens is 2. The second-order valence-electron chi connectivity index (χ2n) is 5.98. The summed E-state index contributed by atoms with van der Waals surface area (Å²) >= 11 is 5.80. The molecule has 0 saturated carbocycles. The maximum Gasteiger partial charge on any atom is 0.130 e. The van der Waals surface area contributed by atoms with Gasteiger partial charge in [0.2, 0.25) is 0 Å². The van der Waals surface area contributed by atoms with Crippen molar-refractivity contribution in [2.24, 2.45) is 4.99 Å². The minimum Gasteiger partial charge on any atom is -0.457 e. The molecule has 2 rings (SSSR count). The van der Waals surface area contributed by atoms with Gasteiger partial charge in [0.05, 0.1) is 12.0 Å². The van der Waals surface area contributed by atoms with Crippen LogP contribution in [0.5, 0.6) is 11.5 Å². The van der Waals surface area contributed by atoms with E-state index in [4.69, 9.17) is 4.74 Å². The topological polar surface area (TPSA) is 24.8 Å². The predicted octanol–water partition coefficient (Wildman–Crippen LogP) is 6.85. The fourth-order valence-corrected chi connectivity index (χ4v) is 4.01. The van der Waals surface area contributed by atoms with E-state index in [0.717, 1.165) is 55.9 Å². The molecule has 3 nitrogen and oxygen atoms in total. The average molecular weight is 515 g/mol. The van der Waals surface area contributed by atoms with Crippen LogP contribution in [0, 0.1) is 17.4 Å². The van der Waals surface area contributed by atoms with Crippen molar-refractivity contribution >= 4 is 50.5 Å². The smallest absolute Gasteiger partial charge is 0.130 e. The molecule has 0 aliphatic heterocycles. The maximum absolute atomic E-state index is 6.09. The van der Waals surface area contributed by atoms with Gasteiger partial charge in [0.1, 0.15) is 11.5 Å². The Morgan fingerprint density at radius 1 is 1.12 bits per heavy atom. The van der Waals surface area contributed by atoms with Crippen LogP contribution in [0.15, 0.2) is 39.8 Å². The third-order valence-electron chi connectivity index (χ3n) is 3.83. The first kappa shape index (κ1) is 20.2. The molecule has 0 aliphatic carbocycles. The highest BCUT2D eigenvalue weighted by molar-refractivity contribution is 14.1. The summed E-state index contributed by atoms with van der Waals surface area (Å²) < 4.78 is 8.24. The fourth-order valence-electron chi connectivity index (χ4n) is 2.47. The van der Waals surface area contributed by atoms with Gasteiger partial charge in [-0.05, 0) is 91.2 Å². The largest absolute Gasteiger partial charge is 0.457 e. The summed E-state index contributed by atoms with van der Waals surface area (Å²) in [5.74, 6) is 1.70. The van der Waals surface area contributed by atoms with E-state index >= 15 is 0 Å². The Balaban J connectivity index is 2.23. The van der Waals surface area contributed by atoms with Crippen LogP contribution in [0.3, 0.4) is 0 Å². The van der Waals surface area contributed by atoms with Gasteiger partial charge in [-0.15, -0.1) is 0 Å². The lowest BCUT2D eigenvalue weighted by Crippen LogP contribution is -2.21. The number of hydrogen-bond acceptors (Lipinski definition) is 2. The van der Waals surface area contributed by atoms with Gasteiger partial charge in [-0.2, -0.15) is 0 Å².